The number of amides is 1. The van der Waals surface area contributed by atoms with E-state index < -0.39 is 0 Å². The van der Waals surface area contributed by atoms with E-state index in [4.69, 9.17) is 17.3 Å². The van der Waals surface area contributed by atoms with Gasteiger partial charge in [-0.3, -0.25) is 9.59 Å². The highest BCUT2D eigenvalue weighted by molar-refractivity contribution is 6.35. The van der Waals surface area contributed by atoms with Crippen LogP contribution in [0.25, 0.3) is 0 Å². The molecule has 1 heterocycles. The van der Waals surface area contributed by atoms with Gasteiger partial charge in [0.05, 0.1) is 5.02 Å². The zero-order valence-electron chi connectivity index (χ0n) is 11.2. The molecule has 106 valence electrons. The van der Waals surface area contributed by atoms with Gasteiger partial charge in [0, 0.05) is 28.9 Å². The predicted molar refractivity (Wildman–Crippen MR) is 81.8 cm³/mol. The number of hydrogen-bond acceptors (Lipinski definition) is 3. The Morgan fingerprint density at radius 3 is 2.76 bits per heavy atom. The smallest absolute Gasteiger partial charge is 0.251 e. The van der Waals surface area contributed by atoms with Crippen LogP contribution >= 0.6 is 11.6 Å². The number of nitrogen functional groups attached to an aromatic ring is 1. The highest BCUT2D eigenvalue weighted by atomic mass is 35.5. The van der Waals surface area contributed by atoms with Crippen molar-refractivity contribution in [2.24, 2.45) is 0 Å². The number of hydrogen-bond donors (Lipinski definition) is 2. The van der Waals surface area contributed by atoms with Crippen LogP contribution in [0, 0.1) is 0 Å². The number of ketones is 1. The molecule has 0 aromatic heterocycles. The molecule has 21 heavy (non-hydrogen) atoms. The quantitative estimate of drug-likeness (QED) is 0.661. The van der Waals surface area contributed by atoms with Gasteiger partial charge in [-0.1, -0.05) is 23.7 Å². The van der Waals surface area contributed by atoms with Crippen molar-refractivity contribution in [1.29, 1.82) is 0 Å². The number of fused-ring (bicyclic) bond motifs is 1. The van der Waals surface area contributed by atoms with Gasteiger partial charge < -0.3 is 11.1 Å². The molecule has 3 rings (SSSR count). The summed E-state index contributed by atoms with van der Waals surface area (Å²) in [7, 11) is 0. The van der Waals surface area contributed by atoms with E-state index in [2.05, 4.69) is 5.32 Å². The first-order valence-corrected chi connectivity index (χ1v) is 6.95. The van der Waals surface area contributed by atoms with Crippen LogP contribution in [0.15, 0.2) is 36.4 Å². The molecule has 0 bridgehead atoms. The minimum Gasteiger partial charge on any atom is -0.399 e. The maximum Gasteiger partial charge on any atom is 0.251 e. The average molecular weight is 301 g/mol. The molecule has 4 nitrogen and oxygen atoms in total. The van der Waals surface area contributed by atoms with Crippen molar-refractivity contribution in [2.75, 3.05) is 12.3 Å². The van der Waals surface area contributed by atoms with E-state index in [9.17, 15) is 9.59 Å². The predicted octanol–water partition coefficient (Wildman–Crippen LogP) is 2.44. The number of halogens is 1. The first-order valence-electron chi connectivity index (χ1n) is 6.57. The molecular weight excluding hydrogens is 288 g/mol. The maximum absolute atomic E-state index is 12.5. The second-order valence-corrected chi connectivity index (χ2v) is 5.35. The van der Waals surface area contributed by atoms with Gasteiger partial charge in [-0.05, 0) is 36.2 Å². The van der Waals surface area contributed by atoms with E-state index in [1.807, 2.05) is 6.07 Å². The molecular formula is C16H13ClN2O2. The topological polar surface area (TPSA) is 72.2 Å². The van der Waals surface area contributed by atoms with E-state index >= 15 is 0 Å². The molecule has 0 spiro atoms. The Balaban J connectivity index is 2.02. The number of rotatable bonds is 2. The highest BCUT2D eigenvalue weighted by Crippen LogP contribution is 2.24. The Labute approximate surface area is 126 Å². The Bertz CT molecular complexity index is 756. The molecule has 0 fully saturated rings. The molecule has 3 N–H and O–H groups in total. The van der Waals surface area contributed by atoms with Crippen molar-refractivity contribution < 1.29 is 9.59 Å². The molecule has 0 aliphatic carbocycles. The van der Waals surface area contributed by atoms with E-state index in [1.165, 1.54) is 0 Å². The largest absolute Gasteiger partial charge is 0.399 e. The highest BCUT2D eigenvalue weighted by Gasteiger charge is 2.20. The Kier molecular flexibility index (Phi) is 3.39. The van der Waals surface area contributed by atoms with Crippen molar-refractivity contribution in [1.82, 2.24) is 5.32 Å². The number of nitrogens with two attached hydrogens (primary N) is 1. The average Bonchev–Trinajstić information content (AvgIpc) is 2.47. The normalized spacial score (nSPS) is 13.5. The second kappa shape index (κ2) is 5.22. The van der Waals surface area contributed by atoms with Crippen LogP contribution in [-0.4, -0.2) is 18.2 Å². The molecule has 0 atom stereocenters. The van der Waals surface area contributed by atoms with Crippen LogP contribution in [-0.2, 0) is 6.42 Å². The van der Waals surface area contributed by atoms with Crippen molar-refractivity contribution >= 4 is 29.0 Å². The maximum atomic E-state index is 12.5. The fourth-order valence-corrected chi connectivity index (χ4v) is 2.70. The van der Waals surface area contributed by atoms with Gasteiger partial charge in [-0.2, -0.15) is 0 Å². The number of anilines is 1. The van der Waals surface area contributed by atoms with Crippen molar-refractivity contribution in [3.63, 3.8) is 0 Å². The van der Waals surface area contributed by atoms with Crippen LogP contribution in [0.2, 0.25) is 5.02 Å². The zero-order chi connectivity index (χ0) is 15.0. The van der Waals surface area contributed by atoms with Crippen LogP contribution in [0.4, 0.5) is 5.69 Å². The molecule has 5 heteroatoms. The number of carbonyl (C=O) groups is 2. The third-order valence-electron chi connectivity index (χ3n) is 3.53. The molecule has 1 aliphatic rings. The summed E-state index contributed by atoms with van der Waals surface area (Å²) in [6, 6.07) is 9.95. The van der Waals surface area contributed by atoms with E-state index in [1.54, 1.807) is 30.3 Å². The lowest BCUT2D eigenvalue weighted by Gasteiger charge is -2.17. The summed E-state index contributed by atoms with van der Waals surface area (Å²) in [5, 5.41) is 3.08. The van der Waals surface area contributed by atoms with Crippen LogP contribution in [0.5, 0.6) is 0 Å². The minimum absolute atomic E-state index is 0.144. The molecule has 0 unspecified atom stereocenters. The third-order valence-corrected chi connectivity index (χ3v) is 3.85. The SMILES string of the molecule is Nc1ccc(C(=O)c2ccc3c(c2)C(=O)NCC3)c(Cl)c1. The summed E-state index contributed by atoms with van der Waals surface area (Å²) in [4.78, 5) is 24.4. The van der Waals surface area contributed by atoms with Crippen molar-refractivity contribution in [2.45, 2.75) is 6.42 Å². The van der Waals surface area contributed by atoms with Gasteiger partial charge >= 0.3 is 0 Å². The van der Waals surface area contributed by atoms with E-state index in [0.29, 0.717) is 33.9 Å². The van der Waals surface area contributed by atoms with Gasteiger partial charge in [0.25, 0.3) is 5.91 Å². The van der Waals surface area contributed by atoms with Crippen molar-refractivity contribution in [3.8, 4) is 0 Å². The summed E-state index contributed by atoms with van der Waals surface area (Å²) in [5.41, 5.74) is 8.46. The molecule has 1 aliphatic heterocycles. The molecule has 0 saturated carbocycles. The van der Waals surface area contributed by atoms with Crippen molar-refractivity contribution in [3.05, 3.63) is 63.7 Å². The van der Waals surface area contributed by atoms with E-state index in [-0.39, 0.29) is 11.7 Å². The zero-order valence-corrected chi connectivity index (χ0v) is 11.9. The van der Waals surface area contributed by atoms with Gasteiger partial charge in [0.2, 0.25) is 0 Å². The summed E-state index contributed by atoms with van der Waals surface area (Å²) < 4.78 is 0. The fourth-order valence-electron chi connectivity index (χ4n) is 2.42. The minimum atomic E-state index is -0.221. The lowest BCUT2D eigenvalue weighted by molar-refractivity contribution is 0.0946. The van der Waals surface area contributed by atoms with Crippen LogP contribution in [0.3, 0.4) is 0 Å². The molecule has 2 aromatic carbocycles. The molecule has 2 aromatic rings. The monoisotopic (exact) mass is 300 g/mol. The first kappa shape index (κ1) is 13.6. The summed E-state index contributed by atoms with van der Waals surface area (Å²) >= 11 is 6.07. The molecule has 1 amide bonds. The Morgan fingerprint density at radius 1 is 1.19 bits per heavy atom. The molecule has 0 saturated heterocycles. The molecule has 0 radical (unpaired) electrons. The van der Waals surface area contributed by atoms with Gasteiger partial charge in [0.1, 0.15) is 0 Å². The summed E-state index contributed by atoms with van der Waals surface area (Å²) in [6.07, 6.45) is 0.776. The first-order chi connectivity index (χ1) is 10.1. The van der Waals surface area contributed by atoms with E-state index in [0.717, 1.165) is 12.0 Å². The number of carbonyl (C=O) groups excluding carboxylic acids is 2. The Hall–Kier alpha value is -2.33. The van der Waals surface area contributed by atoms with Crippen LogP contribution < -0.4 is 11.1 Å². The summed E-state index contributed by atoms with van der Waals surface area (Å²) in [6.45, 7) is 0.628. The number of benzene rings is 2. The second-order valence-electron chi connectivity index (χ2n) is 4.95. The van der Waals surface area contributed by atoms with Crippen LogP contribution in [0.1, 0.15) is 31.8 Å². The fraction of sp³-hybridized carbons (Fsp3) is 0.125. The lowest BCUT2D eigenvalue weighted by Crippen LogP contribution is -2.32. The summed E-state index contributed by atoms with van der Waals surface area (Å²) in [5.74, 6) is -0.365. The number of nitrogens with one attached hydrogen (secondary N) is 1. The lowest BCUT2D eigenvalue weighted by atomic mass is 9.94. The van der Waals surface area contributed by atoms with Gasteiger partial charge in [-0.15, -0.1) is 0 Å². The van der Waals surface area contributed by atoms with Gasteiger partial charge in [0.15, 0.2) is 5.78 Å². The third kappa shape index (κ3) is 2.50. The Morgan fingerprint density at radius 2 is 2.00 bits per heavy atom. The standard InChI is InChI=1S/C16H13ClN2O2/c17-14-8-11(18)3-4-12(14)15(20)10-2-1-9-5-6-19-16(21)13(9)7-10/h1-4,7-8H,5-6,18H2,(H,19,21). The van der Waals surface area contributed by atoms with Gasteiger partial charge in [-0.25, -0.2) is 0 Å².